The molecule has 0 fully saturated rings. The summed E-state index contributed by atoms with van der Waals surface area (Å²) in [5.41, 5.74) is 22.1. The summed E-state index contributed by atoms with van der Waals surface area (Å²) in [7, 11) is 0. The van der Waals surface area contributed by atoms with Gasteiger partial charge < -0.3 is 90.7 Å². The summed E-state index contributed by atoms with van der Waals surface area (Å²) >= 11 is 0. The van der Waals surface area contributed by atoms with E-state index < -0.39 is 204 Å². The van der Waals surface area contributed by atoms with Crippen molar-refractivity contribution in [3.05, 3.63) is 114 Å². The highest BCUT2D eigenvalue weighted by Gasteiger charge is 2.45. The monoisotopic (exact) mass is 2100 g/mol. The molecule has 1 aromatic heterocycles. The number of hydrogen-bond acceptors (Lipinski definition) is 32. The molecule has 0 spiro atoms. The fourth-order valence-corrected chi connectivity index (χ4v) is 16.4. The van der Waals surface area contributed by atoms with Crippen LogP contribution in [0.2, 0.25) is 0 Å². The van der Waals surface area contributed by atoms with Crippen LogP contribution in [0.3, 0.4) is 0 Å². The summed E-state index contributed by atoms with van der Waals surface area (Å²) in [5.74, 6) is -14.1. The Kier molecular flexibility index (Phi) is 59.4. The zero-order valence-corrected chi connectivity index (χ0v) is 89.7. The normalized spacial score (nSPS) is 15.4. The lowest BCUT2D eigenvalue weighted by Gasteiger charge is -2.33. The number of fused-ring (bicyclic) bond motifs is 1. The van der Waals surface area contributed by atoms with E-state index in [0.717, 1.165) is 0 Å². The van der Waals surface area contributed by atoms with Crippen LogP contribution in [-0.2, 0) is 115 Å². The highest BCUT2D eigenvalue weighted by Crippen LogP contribution is 2.25. The van der Waals surface area contributed by atoms with E-state index in [4.69, 9.17) is 17.2 Å². The number of unbranched alkanes of at least 4 members (excludes halogenated alkanes) is 5. The molecule has 0 aliphatic heterocycles. The van der Waals surface area contributed by atoms with E-state index in [2.05, 4.69) is 90.3 Å². The van der Waals surface area contributed by atoms with E-state index in [1.807, 2.05) is 32.9 Å². The highest BCUT2D eigenvalue weighted by atomic mass is 16.4. The Balaban J connectivity index is 1.50. The molecule has 4 aromatic rings. The standard InChI is InChI=1S/C107H166N20O23/c1-62(2)52-83(101(110)145)122-102(146)81(39-43-95(108)139)119-61-117-70(11)92(136)57-93(137)82(56-76-58-115-79-34-28-27-33-78(76)79)126-127-86(55-75-35-37-77(130)38-36-75)104(148)121-80(40-44-96(140)141)98(142)99(143)107(15,125-105(149)85(54-74-31-25-23-26-32-74)123-106(150)97(72(13)128)124-103(147)84(53-63(3)4)120-73(14)129)48-29-22-20-18-16-17-19-21-24-30-64(5)94(138)59-114-68(9)90(134)46-50-112-66(7)88(132)42-41-87(131)65(6)111-49-45-89(133)67(8)113-51-47-91(135)69(10)116-60-118-71(12)100(109)144/h17,19,23,25-28,31-38,58,62-72,80-86,97,111-119,126-128,130H,16,18,20-22,24,29-30,39-57,59-61H2,1-15H3,(H2,108,139)(H2,109,144)(H2,110,145)(H,120,129)(H,121,148)(H,122,146)(H,123,150)(H,124,147)(H,125,149)(H,140,141)/b19-17+/t64-,65+,66+,67+,68+,69+,70+,71-,72-,80+,81+,82+,83+,84+,85+,86+,97+,107-/m1/s1. The van der Waals surface area contributed by atoms with Crippen LogP contribution in [0, 0.1) is 17.8 Å². The minimum Gasteiger partial charge on any atom is -0.508 e. The van der Waals surface area contributed by atoms with Crippen LogP contribution in [0.25, 0.3) is 10.9 Å². The maximum Gasteiger partial charge on any atom is 0.303 e. The molecule has 3 aromatic carbocycles. The average molecular weight is 2100 g/mol. The second kappa shape index (κ2) is 68.5. The Bertz CT molecular complexity index is 5130. The molecular weight excluding hydrogens is 1930 g/mol. The van der Waals surface area contributed by atoms with Crippen molar-refractivity contribution in [2.75, 3.05) is 39.5 Å². The van der Waals surface area contributed by atoms with E-state index in [-0.39, 0.29) is 188 Å². The minimum atomic E-state index is -2.22. The van der Waals surface area contributed by atoms with Gasteiger partial charge in [0.2, 0.25) is 64.7 Å². The number of carbonyl (C=O) groups is 20. The van der Waals surface area contributed by atoms with Gasteiger partial charge in [0.05, 0.1) is 79.5 Å². The van der Waals surface area contributed by atoms with Crippen LogP contribution >= 0.6 is 0 Å². The molecule has 0 unspecified atom stereocenters. The number of allylic oxidation sites excluding steroid dienone is 2. The van der Waals surface area contributed by atoms with Gasteiger partial charge in [0, 0.05) is 114 Å². The number of nitrogens with two attached hydrogens (primary N) is 3. The SMILES string of the molecule is CC(=O)N[C@@H](CC(C)C)C(=O)N[C@H](C(=O)N[C@@H](Cc1ccccc1)C(=O)N[C@](C)(CCCCCC/C=C/CCC[C@@H](C)C(=O)CN[C@@H](C)C(=O)CCN[C@@H](C)C(=O)CCC(=O)[C@H](C)NCCC(=O)[C@H](C)NCCC(=O)[C@H](C)NCN[C@H](C)C(N)=O)C(=O)C(=O)[C@H](CCC(=O)O)NC(=O)[C@H](Cc1ccc(O)cc1)NN[C@@H](Cc1c[nH]c2ccccc12)C(=O)CC(=O)[C@H](C)NCN[C@@H](CCC(N)=O)C(=O)N[C@@H](CC(C)C)C(N)=O)[C@@H](C)O. The predicted octanol–water partition coefficient (Wildman–Crippen LogP) is 2.08. The van der Waals surface area contributed by atoms with Crippen molar-refractivity contribution >= 4 is 128 Å². The van der Waals surface area contributed by atoms with E-state index in [1.54, 1.807) is 116 Å². The lowest BCUT2D eigenvalue weighted by Crippen LogP contribution is -2.64. The first kappa shape index (κ1) is 130. The number of phenolic OH excluding ortho intramolecular Hbond substituents is 1. The molecule has 0 bridgehead atoms. The fourth-order valence-electron chi connectivity index (χ4n) is 16.4. The summed E-state index contributed by atoms with van der Waals surface area (Å²) < 4.78 is 0. The molecule has 150 heavy (non-hydrogen) atoms. The Morgan fingerprint density at radius 1 is 0.407 bits per heavy atom. The molecular formula is C107H166N20O23. The first-order valence-electron chi connectivity index (χ1n) is 52.1. The van der Waals surface area contributed by atoms with Crippen molar-refractivity contribution in [3.63, 3.8) is 0 Å². The Labute approximate surface area is 879 Å². The van der Waals surface area contributed by atoms with Crippen molar-refractivity contribution in [2.45, 2.75) is 360 Å². The molecule has 0 saturated heterocycles. The van der Waals surface area contributed by atoms with Gasteiger partial charge >= 0.3 is 5.97 Å². The quantitative estimate of drug-likeness (QED) is 0.00751. The molecule has 0 aliphatic carbocycles. The van der Waals surface area contributed by atoms with Gasteiger partial charge in [0.15, 0.2) is 28.9 Å². The van der Waals surface area contributed by atoms with Crippen molar-refractivity contribution in [3.8, 4) is 5.75 Å². The number of aromatic nitrogens is 1. The zero-order valence-electron chi connectivity index (χ0n) is 89.7. The van der Waals surface area contributed by atoms with E-state index >= 15 is 19.2 Å². The number of nitrogens with one attached hydrogen (secondary N) is 17. The number of aliphatic hydroxyl groups excluding tert-OH is 1. The number of hydrazine groups is 1. The first-order chi connectivity index (χ1) is 70.8. The molecule has 4 rings (SSSR count). The van der Waals surface area contributed by atoms with Crippen LogP contribution in [0.5, 0.6) is 5.75 Å². The summed E-state index contributed by atoms with van der Waals surface area (Å²) in [5, 5.41) is 72.0. The van der Waals surface area contributed by atoms with Crippen molar-refractivity contribution in [2.24, 2.45) is 35.0 Å². The van der Waals surface area contributed by atoms with Gasteiger partial charge in [-0.05, 0) is 186 Å². The number of carbonyl (C=O) groups excluding carboxylic acids is 19. The maximum atomic E-state index is 15.6. The number of rotatable bonds is 83. The number of H-pyrrole nitrogens is 1. The van der Waals surface area contributed by atoms with Crippen LogP contribution in [-0.4, -0.2) is 279 Å². The predicted molar refractivity (Wildman–Crippen MR) is 566 cm³/mol. The number of amides is 9. The third kappa shape index (κ3) is 49.6. The summed E-state index contributed by atoms with van der Waals surface area (Å²) in [6, 6.07) is 5.05. The molecule has 1 heterocycles. The van der Waals surface area contributed by atoms with Gasteiger partial charge in [-0.1, -0.05) is 127 Å². The molecule has 43 heteroatoms. The second-order valence-corrected chi connectivity index (χ2v) is 40.1. The topological polar surface area (TPSA) is 688 Å². The van der Waals surface area contributed by atoms with Crippen molar-refractivity contribution in [1.82, 2.24) is 90.3 Å². The lowest BCUT2D eigenvalue weighted by molar-refractivity contribution is -0.145. The average Bonchev–Trinajstić information content (AvgIpc) is 0.838. The number of carboxylic acids is 1. The number of aromatic amines is 1. The van der Waals surface area contributed by atoms with Gasteiger partial charge in [-0.25, -0.2) is 10.9 Å². The number of primary amides is 3. The number of carboxylic acid groups (broad SMARTS) is 1. The fraction of sp³-hybridized carbons (Fsp3) is 0.607. The largest absolute Gasteiger partial charge is 0.508 e. The summed E-state index contributed by atoms with van der Waals surface area (Å²) in [6.45, 7) is 24.8. The third-order valence-electron chi connectivity index (χ3n) is 26.2. The lowest BCUT2D eigenvalue weighted by atomic mass is 9.84. The van der Waals surface area contributed by atoms with Gasteiger partial charge in [0.25, 0.3) is 0 Å². The molecule has 0 radical (unpaired) electrons. The van der Waals surface area contributed by atoms with Crippen LogP contribution in [0.4, 0.5) is 0 Å². The Morgan fingerprint density at radius 3 is 1.43 bits per heavy atom. The molecule has 26 N–H and O–H groups in total. The Hall–Kier alpha value is -12.3. The first-order valence-corrected chi connectivity index (χ1v) is 52.1. The van der Waals surface area contributed by atoms with E-state index in [9.17, 15) is 92.0 Å². The minimum absolute atomic E-state index is 0.0320. The molecule has 9 amide bonds. The molecule has 0 saturated carbocycles. The number of benzene rings is 3. The third-order valence-corrected chi connectivity index (χ3v) is 26.2. The maximum absolute atomic E-state index is 15.6. The number of aliphatic hydroxyl groups is 1. The number of para-hydroxylation sites is 1. The second-order valence-electron chi connectivity index (χ2n) is 40.1. The Morgan fingerprint density at radius 2 is 0.880 bits per heavy atom. The molecule has 832 valence electrons. The van der Waals surface area contributed by atoms with Gasteiger partial charge in [-0.3, -0.25) is 117 Å². The van der Waals surface area contributed by atoms with E-state index in [1.165, 1.54) is 52.0 Å². The van der Waals surface area contributed by atoms with E-state index in [0.29, 0.717) is 72.5 Å². The van der Waals surface area contributed by atoms with Crippen LogP contribution in [0.1, 0.15) is 255 Å². The zero-order chi connectivity index (χ0) is 112. The van der Waals surface area contributed by atoms with Crippen LogP contribution < -0.4 is 102 Å². The van der Waals surface area contributed by atoms with Crippen LogP contribution in [0.15, 0.2) is 97.2 Å². The number of hydrogen-bond donors (Lipinski definition) is 23. The summed E-state index contributed by atoms with van der Waals surface area (Å²) in [4.78, 5) is 274. The van der Waals surface area contributed by atoms with Crippen molar-refractivity contribution in [1.29, 1.82) is 0 Å². The number of Topliss-reactive ketones (excluding diaryl/α,β-unsaturated/α-hetero) is 10. The molecule has 43 nitrogen and oxygen atoms in total. The van der Waals surface area contributed by atoms with Crippen molar-refractivity contribution < 1.29 is 111 Å². The van der Waals surface area contributed by atoms with Gasteiger partial charge in [-0.2, -0.15) is 0 Å². The smallest absolute Gasteiger partial charge is 0.303 e. The molecule has 0 aliphatic rings. The number of aliphatic carboxylic acids is 1. The number of phenols is 1. The highest BCUT2D eigenvalue weighted by molar-refractivity contribution is 6.43. The molecule has 18 atom stereocenters. The number of aromatic hydroxyl groups is 1. The van der Waals surface area contributed by atoms with Gasteiger partial charge in [0.1, 0.15) is 58.8 Å². The number of ketones is 10. The van der Waals surface area contributed by atoms with Gasteiger partial charge in [-0.15, -0.1) is 0 Å². The summed E-state index contributed by atoms with van der Waals surface area (Å²) in [6.07, 6.45) is 5.44.